The van der Waals surface area contributed by atoms with Gasteiger partial charge in [0.05, 0.1) is 18.3 Å². The van der Waals surface area contributed by atoms with Crippen molar-refractivity contribution in [1.29, 1.82) is 0 Å². The first-order chi connectivity index (χ1) is 12.3. The monoisotopic (exact) mass is 327 g/mol. The lowest BCUT2D eigenvalue weighted by Crippen LogP contribution is -1.91. The average molecular weight is 327 g/mol. The number of pyridine rings is 1. The Morgan fingerprint density at radius 1 is 0.720 bits per heavy atom. The molecule has 0 bridgehead atoms. The molecule has 0 saturated carbocycles. The van der Waals surface area contributed by atoms with Crippen molar-refractivity contribution >= 4 is 10.9 Å². The Kier molecular flexibility index (Phi) is 4.05. The molecular formula is C22H17NO2. The van der Waals surface area contributed by atoms with Crippen molar-refractivity contribution in [2.75, 3.05) is 7.11 Å². The highest BCUT2D eigenvalue weighted by molar-refractivity contribution is 5.88. The summed E-state index contributed by atoms with van der Waals surface area (Å²) in [6, 6.07) is 27.7. The van der Waals surface area contributed by atoms with Crippen LogP contribution in [0.2, 0.25) is 0 Å². The van der Waals surface area contributed by atoms with Gasteiger partial charge in [0.25, 0.3) is 0 Å². The van der Waals surface area contributed by atoms with Crippen LogP contribution < -0.4 is 9.47 Å². The highest BCUT2D eigenvalue weighted by Crippen LogP contribution is 2.33. The van der Waals surface area contributed by atoms with Crippen LogP contribution in [0.15, 0.2) is 84.9 Å². The third-order valence-corrected chi connectivity index (χ3v) is 4.04. The maximum absolute atomic E-state index is 6.13. The van der Waals surface area contributed by atoms with Gasteiger partial charge in [-0.1, -0.05) is 30.3 Å². The summed E-state index contributed by atoms with van der Waals surface area (Å²) in [5, 5.41) is 0.989. The Morgan fingerprint density at radius 2 is 1.44 bits per heavy atom. The molecule has 0 fully saturated rings. The van der Waals surface area contributed by atoms with E-state index in [1.54, 1.807) is 7.11 Å². The summed E-state index contributed by atoms with van der Waals surface area (Å²) < 4.78 is 11.4. The van der Waals surface area contributed by atoms with Gasteiger partial charge in [-0.05, 0) is 48.5 Å². The quantitative estimate of drug-likeness (QED) is 0.481. The maximum Gasteiger partial charge on any atom is 0.138 e. The first kappa shape index (κ1) is 15.2. The van der Waals surface area contributed by atoms with E-state index in [4.69, 9.17) is 14.5 Å². The van der Waals surface area contributed by atoms with Crippen molar-refractivity contribution < 1.29 is 9.47 Å². The molecule has 3 nitrogen and oxygen atoms in total. The molecule has 0 amide bonds. The first-order valence-corrected chi connectivity index (χ1v) is 8.10. The summed E-state index contributed by atoms with van der Waals surface area (Å²) in [7, 11) is 1.66. The molecule has 25 heavy (non-hydrogen) atoms. The topological polar surface area (TPSA) is 31.4 Å². The summed E-state index contributed by atoms with van der Waals surface area (Å²) in [4.78, 5) is 4.78. The number of para-hydroxylation sites is 2. The van der Waals surface area contributed by atoms with Gasteiger partial charge in [0.1, 0.15) is 17.2 Å². The van der Waals surface area contributed by atoms with E-state index >= 15 is 0 Å². The molecule has 1 aromatic heterocycles. The minimum atomic E-state index is 0.794. The Bertz CT molecular complexity index is 995. The Hall–Kier alpha value is -3.33. The SMILES string of the molecule is COc1ccc(-c2cc(Oc3ccccc3)c3ccccc3n2)cc1. The second kappa shape index (κ2) is 6.65. The number of methoxy groups -OCH3 is 1. The van der Waals surface area contributed by atoms with Gasteiger partial charge in [-0.15, -0.1) is 0 Å². The van der Waals surface area contributed by atoms with E-state index in [-0.39, 0.29) is 0 Å². The molecule has 3 aromatic carbocycles. The van der Waals surface area contributed by atoms with Gasteiger partial charge < -0.3 is 9.47 Å². The molecular weight excluding hydrogens is 310 g/mol. The van der Waals surface area contributed by atoms with E-state index in [2.05, 4.69) is 0 Å². The molecule has 4 rings (SSSR count). The third kappa shape index (κ3) is 3.17. The molecule has 0 N–H and O–H groups in total. The van der Waals surface area contributed by atoms with Crippen molar-refractivity contribution in [3.8, 4) is 28.5 Å². The second-order valence-electron chi connectivity index (χ2n) is 5.67. The molecule has 0 radical (unpaired) electrons. The smallest absolute Gasteiger partial charge is 0.138 e. The molecule has 0 spiro atoms. The Balaban J connectivity index is 1.82. The van der Waals surface area contributed by atoms with Gasteiger partial charge in [-0.25, -0.2) is 4.98 Å². The summed E-state index contributed by atoms with van der Waals surface area (Å²) in [6.45, 7) is 0. The first-order valence-electron chi connectivity index (χ1n) is 8.10. The lowest BCUT2D eigenvalue weighted by molar-refractivity contribution is 0.415. The number of fused-ring (bicyclic) bond motifs is 1. The van der Waals surface area contributed by atoms with Gasteiger partial charge >= 0.3 is 0 Å². The van der Waals surface area contributed by atoms with Crippen molar-refractivity contribution in [3.63, 3.8) is 0 Å². The second-order valence-corrected chi connectivity index (χ2v) is 5.67. The molecule has 0 unspecified atom stereocenters. The summed E-state index contributed by atoms with van der Waals surface area (Å²) in [5.74, 6) is 2.42. The lowest BCUT2D eigenvalue weighted by Gasteiger charge is -2.11. The molecule has 4 aromatic rings. The van der Waals surface area contributed by atoms with Crippen LogP contribution in [0.4, 0.5) is 0 Å². The fraction of sp³-hybridized carbons (Fsp3) is 0.0455. The minimum Gasteiger partial charge on any atom is -0.497 e. The molecule has 3 heteroatoms. The molecule has 122 valence electrons. The fourth-order valence-electron chi connectivity index (χ4n) is 2.75. The van der Waals surface area contributed by atoms with E-state index in [1.165, 1.54) is 0 Å². The zero-order valence-corrected chi connectivity index (χ0v) is 13.8. The zero-order chi connectivity index (χ0) is 17.1. The maximum atomic E-state index is 6.13. The van der Waals surface area contributed by atoms with Gasteiger partial charge in [-0.2, -0.15) is 0 Å². The Morgan fingerprint density at radius 3 is 2.20 bits per heavy atom. The zero-order valence-electron chi connectivity index (χ0n) is 13.8. The molecule has 0 aliphatic rings. The minimum absolute atomic E-state index is 0.794. The molecule has 1 heterocycles. The van der Waals surface area contributed by atoms with Gasteiger partial charge in [0.2, 0.25) is 0 Å². The number of hydrogen-bond acceptors (Lipinski definition) is 3. The Labute approximate surface area is 146 Å². The van der Waals surface area contributed by atoms with E-state index < -0.39 is 0 Å². The van der Waals surface area contributed by atoms with Crippen LogP contribution in [-0.2, 0) is 0 Å². The van der Waals surface area contributed by atoms with Gasteiger partial charge in [0.15, 0.2) is 0 Å². The largest absolute Gasteiger partial charge is 0.497 e. The summed E-state index contributed by atoms with van der Waals surface area (Å²) in [6.07, 6.45) is 0. The van der Waals surface area contributed by atoms with Crippen molar-refractivity contribution in [1.82, 2.24) is 4.98 Å². The number of benzene rings is 3. The summed E-state index contributed by atoms with van der Waals surface area (Å²) >= 11 is 0. The number of aromatic nitrogens is 1. The standard InChI is InChI=1S/C22H17NO2/c1-24-17-13-11-16(12-14-17)21-15-22(25-18-7-3-2-4-8-18)19-9-5-6-10-20(19)23-21/h2-15H,1H3. The summed E-state index contributed by atoms with van der Waals surface area (Å²) in [5.41, 5.74) is 2.79. The van der Waals surface area contributed by atoms with Gasteiger partial charge in [-0.3, -0.25) is 0 Å². The number of nitrogens with zero attached hydrogens (tertiary/aromatic N) is 1. The predicted octanol–water partition coefficient (Wildman–Crippen LogP) is 5.70. The van der Waals surface area contributed by atoms with Crippen LogP contribution >= 0.6 is 0 Å². The molecule has 0 saturated heterocycles. The third-order valence-electron chi connectivity index (χ3n) is 4.04. The van der Waals surface area contributed by atoms with Crippen LogP contribution in [0.5, 0.6) is 17.2 Å². The highest BCUT2D eigenvalue weighted by Gasteiger charge is 2.09. The van der Waals surface area contributed by atoms with Crippen LogP contribution in [0.1, 0.15) is 0 Å². The van der Waals surface area contributed by atoms with E-state index in [0.29, 0.717) is 0 Å². The van der Waals surface area contributed by atoms with E-state index in [9.17, 15) is 0 Å². The number of ether oxygens (including phenoxy) is 2. The fourth-order valence-corrected chi connectivity index (χ4v) is 2.75. The molecule has 0 atom stereocenters. The van der Waals surface area contributed by atoms with Crippen LogP contribution in [0, 0.1) is 0 Å². The number of rotatable bonds is 4. The van der Waals surface area contributed by atoms with E-state index in [0.717, 1.165) is 39.4 Å². The molecule has 0 aliphatic carbocycles. The van der Waals surface area contributed by atoms with E-state index in [1.807, 2.05) is 84.9 Å². The highest BCUT2D eigenvalue weighted by atomic mass is 16.5. The average Bonchev–Trinajstić information content (AvgIpc) is 2.69. The van der Waals surface area contributed by atoms with Crippen molar-refractivity contribution in [2.45, 2.75) is 0 Å². The lowest BCUT2D eigenvalue weighted by atomic mass is 10.1. The van der Waals surface area contributed by atoms with Crippen molar-refractivity contribution in [2.24, 2.45) is 0 Å². The molecule has 0 aliphatic heterocycles. The van der Waals surface area contributed by atoms with Crippen LogP contribution in [-0.4, -0.2) is 12.1 Å². The predicted molar refractivity (Wildman–Crippen MR) is 100 cm³/mol. The van der Waals surface area contributed by atoms with Crippen LogP contribution in [0.25, 0.3) is 22.2 Å². The van der Waals surface area contributed by atoms with Crippen molar-refractivity contribution in [3.05, 3.63) is 84.9 Å². The normalized spacial score (nSPS) is 10.6. The van der Waals surface area contributed by atoms with Crippen LogP contribution in [0.3, 0.4) is 0 Å². The van der Waals surface area contributed by atoms with Gasteiger partial charge in [0, 0.05) is 17.0 Å². The number of hydrogen-bond donors (Lipinski definition) is 0.